The van der Waals surface area contributed by atoms with Crippen molar-refractivity contribution in [2.45, 2.75) is 44.3 Å². The monoisotopic (exact) mass is 481 g/mol. The molecule has 0 aromatic heterocycles. The Morgan fingerprint density at radius 3 is 2.15 bits per heavy atom. The maximum Gasteiger partial charge on any atom is 0.253 e. The van der Waals surface area contributed by atoms with Crippen LogP contribution < -0.4 is 4.72 Å². The minimum atomic E-state index is -3.34. The molecule has 2 aromatic carbocycles. The van der Waals surface area contributed by atoms with Gasteiger partial charge in [-0.2, -0.15) is 0 Å². The van der Waals surface area contributed by atoms with Crippen LogP contribution in [0.1, 0.15) is 49.4 Å². The number of carbonyl (C=O) groups is 2. The highest BCUT2D eigenvalue weighted by Gasteiger charge is 2.47. The van der Waals surface area contributed by atoms with Gasteiger partial charge in [-0.15, -0.1) is 0 Å². The Hall–Kier alpha value is -2.87. The largest absolute Gasteiger partial charge is 0.339 e. The molecule has 0 bridgehead atoms. The molecule has 0 spiro atoms. The maximum absolute atomic E-state index is 13.0. The van der Waals surface area contributed by atoms with E-state index in [2.05, 4.69) is 4.72 Å². The second-order valence-electron chi connectivity index (χ2n) is 10.0. The van der Waals surface area contributed by atoms with Gasteiger partial charge < -0.3 is 9.80 Å². The summed E-state index contributed by atoms with van der Waals surface area (Å²) in [6.45, 7) is 4.29. The van der Waals surface area contributed by atoms with Crippen molar-refractivity contribution in [2.75, 3.05) is 30.9 Å². The van der Waals surface area contributed by atoms with E-state index in [-0.39, 0.29) is 22.5 Å². The Labute approximate surface area is 201 Å². The van der Waals surface area contributed by atoms with Crippen LogP contribution in [0.15, 0.2) is 48.5 Å². The molecule has 0 unspecified atom stereocenters. The number of benzene rings is 2. The van der Waals surface area contributed by atoms with Crippen molar-refractivity contribution in [2.24, 2.45) is 5.41 Å². The fourth-order valence-electron chi connectivity index (χ4n) is 4.57. The summed E-state index contributed by atoms with van der Waals surface area (Å²) in [4.78, 5) is 29.2. The summed E-state index contributed by atoms with van der Waals surface area (Å²) in [5.41, 5.74) is 2.79. The molecule has 1 heterocycles. The summed E-state index contributed by atoms with van der Waals surface area (Å²) < 4.78 is 27.6. The topological polar surface area (TPSA) is 86.8 Å². The van der Waals surface area contributed by atoms with Crippen LogP contribution >= 0.6 is 0 Å². The Morgan fingerprint density at radius 2 is 1.56 bits per heavy atom. The predicted molar refractivity (Wildman–Crippen MR) is 132 cm³/mol. The Morgan fingerprint density at radius 1 is 0.912 bits per heavy atom. The summed E-state index contributed by atoms with van der Waals surface area (Å²) in [5.74, 6) is 0.194. The molecule has 5 rings (SSSR count). The maximum atomic E-state index is 13.0. The lowest BCUT2D eigenvalue weighted by Crippen LogP contribution is -2.52. The summed E-state index contributed by atoms with van der Waals surface area (Å²) in [7, 11) is -3.34. The third-order valence-electron chi connectivity index (χ3n) is 7.45. The van der Waals surface area contributed by atoms with Gasteiger partial charge in [0.15, 0.2) is 0 Å². The first-order chi connectivity index (χ1) is 16.2. The van der Waals surface area contributed by atoms with Crippen molar-refractivity contribution in [3.8, 4) is 11.1 Å². The smallest absolute Gasteiger partial charge is 0.253 e. The van der Waals surface area contributed by atoms with Crippen LogP contribution in [0.4, 0.5) is 5.69 Å². The van der Waals surface area contributed by atoms with Crippen molar-refractivity contribution in [3.05, 3.63) is 54.1 Å². The van der Waals surface area contributed by atoms with Crippen molar-refractivity contribution in [3.63, 3.8) is 0 Å². The molecular formula is C26H31N3O4S. The van der Waals surface area contributed by atoms with E-state index in [1.54, 1.807) is 6.07 Å². The lowest BCUT2D eigenvalue weighted by Gasteiger charge is -2.36. The van der Waals surface area contributed by atoms with Gasteiger partial charge in [-0.3, -0.25) is 14.3 Å². The average Bonchev–Trinajstić information content (AvgIpc) is 3.55. The number of anilines is 1. The normalized spacial score (nSPS) is 19.9. The molecule has 0 radical (unpaired) electrons. The number of hydrogen-bond acceptors (Lipinski definition) is 4. The standard InChI is InChI=1S/C26H31N3O4S/c1-26(12-13-26)25(31)29-16-14-28(15-17-29)24(30)20-10-8-19(9-11-20)21-4-2-5-22(18-21)27-34(32,33)23-6-3-7-23/h2,4-5,8-11,18,23,27H,3,6-7,12-17H2,1H3. The van der Waals surface area contributed by atoms with E-state index in [0.717, 1.165) is 43.2 Å². The molecule has 2 aromatic rings. The van der Waals surface area contributed by atoms with Crippen molar-refractivity contribution >= 4 is 27.5 Å². The second-order valence-corrected chi connectivity index (χ2v) is 12.0. The Kier molecular flexibility index (Phi) is 5.88. The van der Waals surface area contributed by atoms with Gasteiger partial charge >= 0.3 is 0 Å². The summed E-state index contributed by atoms with van der Waals surface area (Å²) in [5, 5.41) is -0.293. The SMILES string of the molecule is CC1(C(=O)N2CCN(C(=O)c3ccc(-c4cccc(NS(=O)(=O)C5CCC5)c4)cc3)CC2)CC1. The Bertz CT molecular complexity index is 1190. The number of amides is 2. The first-order valence-electron chi connectivity index (χ1n) is 12.1. The van der Waals surface area contributed by atoms with Crippen molar-refractivity contribution in [1.29, 1.82) is 0 Å². The highest BCUT2D eigenvalue weighted by atomic mass is 32.2. The van der Waals surface area contributed by atoms with E-state index < -0.39 is 10.0 Å². The van der Waals surface area contributed by atoms with Crippen LogP contribution in [0, 0.1) is 5.41 Å². The fraction of sp³-hybridized carbons (Fsp3) is 0.462. The minimum absolute atomic E-state index is 0.0294. The second kappa shape index (κ2) is 8.73. The fourth-order valence-corrected chi connectivity index (χ4v) is 6.15. The molecule has 0 atom stereocenters. The quantitative estimate of drug-likeness (QED) is 0.681. The van der Waals surface area contributed by atoms with E-state index in [1.165, 1.54) is 0 Å². The van der Waals surface area contributed by atoms with Crippen LogP contribution in [0.5, 0.6) is 0 Å². The molecule has 7 nitrogen and oxygen atoms in total. The molecule has 1 saturated heterocycles. The van der Waals surface area contributed by atoms with Gasteiger partial charge in [0.25, 0.3) is 5.91 Å². The zero-order valence-electron chi connectivity index (χ0n) is 19.5. The molecule has 2 amide bonds. The minimum Gasteiger partial charge on any atom is -0.339 e. The van der Waals surface area contributed by atoms with E-state index in [1.807, 2.05) is 59.2 Å². The van der Waals surface area contributed by atoms with Gasteiger partial charge in [-0.1, -0.05) is 37.6 Å². The van der Waals surface area contributed by atoms with Gasteiger partial charge in [0.1, 0.15) is 0 Å². The van der Waals surface area contributed by atoms with Crippen LogP contribution in [0.25, 0.3) is 11.1 Å². The number of nitrogens with zero attached hydrogens (tertiary/aromatic N) is 2. The van der Waals surface area contributed by atoms with Crippen LogP contribution in [-0.4, -0.2) is 61.5 Å². The Balaban J connectivity index is 1.22. The van der Waals surface area contributed by atoms with Crippen LogP contribution in [0.2, 0.25) is 0 Å². The van der Waals surface area contributed by atoms with Gasteiger partial charge in [0.05, 0.1) is 5.25 Å². The highest BCUT2D eigenvalue weighted by Crippen LogP contribution is 2.46. The molecule has 3 aliphatic rings. The lowest BCUT2D eigenvalue weighted by atomic mass is 10.0. The van der Waals surface area contributed by atoms with Gasteiger partial charge in [0.2, 0.25) is 15.9 Å². The third-order valence-corrected chi connectivity index (χ3v) is 9.32. The number of nitrogens with one attached hydrogen (secondary N) is 1. The number of hydrogen-bond donors (Lipinski definition) is 1. The van der Waals surface area contributed by atoms with Gasteiger partial charge in [-0.05, 0) is 61.1 Å². The summed E-state index contributed by atoms with van der Waals surface area (Å²) in [6.07, 6.45) is 4.33. The average molecular weight is 482 g/mol. The predicted octanol–water partition coefficient (Wildman–Crippen LogP) is 3.73. The molecule has 1 aliphatic heterocycles. The molecule has 2 aliphatic carbocycles. The van der Waals surface area contributed by atoms with Crippen molar-refractivity contribution in [1.82, 2.24) is 9.80 Å². The van der Waals surface area contributed by atoms with Gasteiger partial charge in [0, 0.05) is 42.8 Å². The first kappa shape index (κ1) is 22.9. The van der Waals surface area contributed by atoms with Crippen LogP contribution in [0.3, 0.4) is 0 Å². The van der Waals surface area contributed by atoms with E-state index in [4.69, 9.17) is 0 Å². The number of carbonyl (C=O) groups excluding carboxylic acids is 2. The highest BCUT2D eigenvalue weighted by molar-refractivity contribution is 7.93. The number of sulfonamides is 1. The molecule has 8 heteroatoms. The zero-order valence-corrected chi connectivity index (χ0v) is 20.3. The van der Waals surface area contributed by atoms with Crippen LogP contribution in [-0.2, 0) is 14.8 Å². The lowest BCUT2D eigenvalue weighted by molar-refractivity contribution is -0.137. The molecular weight excluding hydrogens is 450 g/mol. The molecule has 3 fully saturated rings. The third kappa shape index (κ3) is 4.56. The molecule has 2 saturated carbocycles. The number of rotatable bonds is 6. The molecule has 34 heavy (non-hydrogen) atoms. The van der Waals surface area contributed by atoms with E-state index >= 15 is 0 Å². The molecule has 180 valence electrons. The van der Waals surface area contributed by atoms with E-state index in [0.29, 0.717) is 37.4 Å². The van der Waals surface area contributed by atoms with Gasteiger partial charge in [-0.25, -0.2) is 8.42 Å². The van der Waals surface area contributed by atoms with E-state index in [9.17, 15) is 18.0 Å². The van der Waals surface area contributed by atoms with Crippen molar-refractivity contribution < 1.29 is 18.0 Å². The molecule has 1 N–H and O–H groups in total. The first-order valence-corrected chi connectivity index (χ1v) is 13.6. The number of piperazine rings is 1. The summed E-state index contributed by atoms with van der Waals surface area (Å²) >= 11 is 0. The zero-order chi connectivity index (χ0) is 23.9. The summed E-state index contributed by atoms with van der Waals surface area (Å²) in [6, 6.07) is 14.7.